The normalized spacial score (nSPS) is 11.4. The molecule has 0 atom stereocenters. The molecule has 0 aliphatic rings. The summed E-state index contributed by atoms with van der Waals surface area (Å²) in [4.78, 5) is 17.4. The molecule has 0 saturated heterocycles. The van der Waals surface area contributed by atoms with Crippen molar-refractivity contribution in [2.75, 3.05) is 5.32 Å². The molecule has 0 unspecified atom stereocenters. The Morgan fingerprint density at radius 2 is 1.82 bits per heavy atom. The largest absolute Gasteiger partial charge is 0.306 e. The lowest BCUT2D eigenvalue weighted by Gasteiger charge is -2.09. The third kappa shape index (κ3) is 5.09. The lowest BCUT2D eigenvalue weighted by molar-refractivity contribution is -0.116. The molecule has 2 aromatic carbocycles. The maximum absolute atomic E-state index is 14.1. The van der Waals surface area contributed by atoms with Gasteiger partial charge < -0.3 is 5.32 Å². The van der Waals surface area contributed by atoms with Gasteiger partial charge in [-0.1, -0.05) is 59.6 Å². The summed E-state index contributed by atoms with van der Waals surface area (Å²) in [5.74, 6) is -1.01. The van der Waals surface area contributed by atoms with Gasteiger partial charge in [0, 0.05) is 27.9 Å². The molecular weight excluding hydrogens is 540 g/mol. The van der Waals surface area contributed by atoms with Gasteiger partial charge in [0.25, 0.3) is 6.43 Å². The number of rotatable bonds is 7. The number of fused-ring (bicyclic) bond motifs is 1. The average Bonchev–Trinajstić information content (AvgIpc) is 3.39. The van der Waals surface area contributed by atoms with Crippen LogP contribution in [0, 0.1) is 12.7 Å². The number of amides is 1. The fourth-order valence-corrected chi connectivity index (χ4v) is 4.56. The van der Waals surface area contributed by atoms with Crippen LogP contribution in [0.5, 0.6) is 0 Å². The number of aromatic nitrogens is 5. The number of nitrogens with zero attached hydrogens (tertiary/aromatic N) is 5. The van der Waals surface area contributed by atoms with E-state index in [2.05, 4.69) is 20.5 Å². The zero-order chi connectivity index (χ0) is 27.0. The highest BCUT2D eigenvalue weighted by molar-refractivity contribution is 6.33. The number of aryl methyl sites for hydroxylation is 1. The average molecular weight is 559 g/mol. The lowest BCUT2D eigenvalue weighted by Crippen LogP contribution is -2.20. The fourth-order valence-electron chi connectivity index (χ4n) is 4.14. The minimum atomic E-state index is -2.76. The zero-order valence-electron chi connectivity index (χ0n) is 19.8. The number of hydrogen-bond acceptors (Lipinski definition) is 4. The number of hydrogen-bond donors (Lipinski definition) is 1. The third-order valence-corrected chi connectivity index (χ3v) is 6.49. The second kappa shape index (κ2) is 10.5. The lowest BCUT2D eigenvalue weighted by atomic mass is 10.1. The van der Waals surface area contributed by atoms with Gasteiger partial charge in [-0.25, -0.2) is 22.8 Å². The summed E-state index contributed by atoms with van der Waals surface area (Å²) >= 11 is 12.3. The molecule has 0 bridgehead atoms. The molecule has 3 aromatic heterocycles. The van der Waals surface area contributed by atoms with Crippen molar-refractivity contribution in [3.05, 3.63) is 93.5 Å². The molecule has 1 N–H and O–H groups in total. The number of halogens is 5. The van der Waals surface area contributed by atoms with Crippen molar-refractivity contribution in [1.29, 1.82) is 0 Å². The summed E-state index contributed by atoms with van der Waals surface area (Å²) in [7, 11) is 0. The van der Waals surface area contributed by atoms with Crippen molar-refractivity contribution >= 4 is 46.0 Å². The summed E-state index contributed by atoms with van der Waals surface area (Å²) < 4.78 is 44.7. The second-order valence-corrected chi connectivity index (χ2v) is 9.29. The van der Waals surface area contributed by atoms with Gasteiger partial charge >= 0.3 is 0 Å². The second-order valence-electron chi connectivity index (χ2n) is 8.48. The van der Waals surface area contributed by atoms with Gasteiger partial charge in [0.05, 0.1) is 23.3 Å². The van der Waals surface area contributed by atoms with Gasteiger partial charge in [0.15, 0.2) is 11.5 Å². The Kier molecular flexibility index (Phi) is 7.09. The first-order valence-electron chi connectivity index (χ1n) is 11.4. The van der Waals surface area contributed by atoms with Gasteiger partial charge in [0.1, 0.15) is 17.4 Å². The summed E-state index contributed by atoms with van der Waals surface area (Å²) in [6.07, 6.45) is -1.34. The Bertz CT molecular complexity index is 1630. The highest BCUT2D eigenvalue weighted by Gasteiger charge is 2.22. The molecule has 0 aliphatic heterocycles. The first kappa shape index (κ1) is 25.7. The molecule has 194 valence electrons. The molecule has 12 heteroatoms. The van der Waals surface area contributed by atoms with Gasteiger partial charge in [-0.05, 0) is 25.1 Å². The summed E-state index contributed by atoms with van der Waals surface area (Å²) in [5.41, 5.74) is 1.47. The zero-order valence-corrected chi connectivity index (χ0v) is 21.3. The molecule has 0 spiro atoms. The highest BCUT2D eigenvalue weighted by Crippen LogP contribution is 2.33. The smallest absolute Gasteiger partial charge is 0.264 e. The minimum Gasteiger partial charge on any atom is -0.306 e. The number of alkyl halides is 2. The van der Waals surface area contributed by atoms with Crippen LogP contribution in [0.3, 0.4) is 0 Å². The molecular formula is C26H19Cl2F3N6O. The first-order valence-corrected chi connectivity index (χ1v) is 12.1. The van der Waals surface area contributed by atoms with Crippen LogP contribution in [0.1, 0.15) is 23.2 Å². The van der Waals surface area contributed by atoms with E-state index in [9.17, 15) is 18.0 Å². The van der Waals surface area contributed by atoms with E-state index >= 15 is 0 Å². The van der Waals surface area contributed by atoms with Crippen LogP contribution in [-0.2, 0) is 17.9 Å². The van der Waals surface area contributed by atoms with Crippen LogP contribution in [0.15, 0.2) is 60.8 Å². The molecule has 7 nitrogen and oxygen atoms in total. The Balaban J connectivity index is 1.42. The quantitative estimate of drug-likeness (QED) is 0.242. The summed E-state index contributed by atoms with van der Waals surface area (Å²) in [6.45, 7) is 1.24. The molecule has 0 fully saturated rings. The monoisotopic (exact) mass is 558 g/mol. The van der Waals surface area contributed by atoms with Crippen LogP contribution < -0.4 is 5.32 Å². The number of carbonyl (C=O) groups is 1. The predicted molar refractivity (Wildman–Crippen MR) is 139 cm³/mol. The van der Waals surface area contributed by atoms with Gasteiger partial charge in [-0.2, -0.15) is 10.2 Å². The maximum Gasteiger partial charge on any atom is 0.264 e. The van der Waals surface area contributed by atoms with Crippen molar-refractivity contribution < 1.29 is 18.0 Å². The Hall–Kier alpha value is -3.89. The van der Waals surface area contributed by atoms with E-state index in [0.717, 1.165) is 0 Å². The van der Waals surface area contributed by atoms with Crippen molar-refractivity contribution in [1.82, 2.24) is 24.5 Å². The summed E-state index contributed by atoms with van der Waals surface area (Å²) in [5, 5.41) is 11.6. The van der Waals surface area contributed by atoms with Crippen molar-refractivity contribution in [3.63, 3.8) is 0 Å². The minimum absolute atomic E-state index is 0.00727. The standard InChI is InChI=1S/C26H19Cl2F3N6O/c1-14-23-16(24(30)31)10-21(15-6-3-2-4-7-15)32-26(23)37(34-14)13-22(38)33-25-19(28)12-36(35-25)11-17-18(27)8-5-9-20(17)29/h2-10,12,24H,11,13H2,1H3,(H,33,35,38). The van der Waals surface area contributed by atoms with E-state index in [1.54, 1.807) is 37.3 Å². The van der Waals surface area contributed by atoms with Crippen molar-refractivity contribution in [2.45, 2.75) is 26.4 Å². The molecule has 5 rings (SSSR count). The third-order valence-electron chi connectivity index (χ3n) is 5.86. The van der Waals surface area contributed by atoms with E-state index in [0.29, 0.717) is 17.0 Å². The van der Waals surface area contributed by atoms with Crippen LogP contribution in [0.2, 0.25) is 10.0 Å². The summed E-state index contributed by atoms with van der Waals surface area (Å²) in [6, 6.07) is 14.6. The number of carbonyl (C=O) groups excluding carboxylic acids is 1. The van der Waals surface area contributed by atoms with Crippen LogP contribution in [0.4, 0.5) is 19.0 Å². The number of anilines is 1. The number of benzene rings is 2. The Morgan fingerprint density at radius 1 is 1.05 bits per heavy atom. The Labute approximate surface area is 224 Å². The first-order chi connectivity index (χ1) is 18.2. The molecule has 0 radical (unpaired) electrons. The molecule has 1 amide bonds. The number of nitrogens with one attached hydrogen (secondary N) is 1. The van der Waals surface area contributed by atoms with Gasteiger partial charge in [0.2, 0.25) is 5.91 Å². The van der Waals surface area contributed by atoms with Crippen molar-refractivity contribution in [2.24, 2.45) is 0 Å². The van der Waals surface area contributed by atoms with Crippen LogP contribution >= 0.6 is 23.2 Å². The van der Waals surface area contributed by atoms with Crippen LogP contribution in [-0.4, -0.2) is 30.5 Å². The van der Waals surface area contributed by atoms with E-state index in [1.165, 1.54) is 33.8 Å². The highest BCUT2D eigenvalue weighted by atomic mass is 35.5. The molecule has 5 aromatic rings. The van der Waals surface area contributed by atoms with Crippen LogP contribution in [0.25, 0.3) is 22.3 Å². The molecule has 3 heterocycles. The Morgan fingerprint density at radius 3 is 2.53 bits per heavy atom. The molecule has 0 saturated carbocycles. The molecule has 0 aliphatic carbocycles. The SMILES string of the molecule is Cc1nn(CC(=O)Nc2nn(Cc3c(F)cccc3Cl)cc2Cl)c2nc(-c3ccccc3)cc(C(F)F)c12. The fraction of sp³-hybridized carbons (Fsp3) is 0.154. The molecule has 38 heavy (non-hydrogen) atoms. The van der Waals surface area contributed by atoms with Gasteiger partial charge in [-0.15, -0.1) is 0 Å². The van der Waals surface area contributed by atoms with Gasteiger partial charge in [-0.3, -0.25) is 9.48 Å². The van der Waals surface area contributed by atoms with E-state index in [4.69, 9.17) is 23.2 Å². The topological polar surface area (TPSA) is 77.6 Å². The number of pyridine rings is 1. The van der Waals surface area contributed by atoms with E-state index in [1.807, 2.05) is 6.07 Å². The maximum atomic E-state index is 14.1. The predicted octanol–water partition coefficient (Wildman–Crippen LogP) is 6.67. The van der Waals surface area contributed by atoms with E-state index in [-0.39, 0.29) is 51.1 Å². The van der Waals surface area contributed by atoms with E-state index < -0.39 is 18.1 Å². The van der Waals surface area contributed by atoms with Crippen molar-refractivity contribution in [3.8, 4) is 11.3 Å².